The number of aromatic nitrogens is 1. The molecule has 0 aliphatic carbocycles. The fourth-order valence-electron chi connectivity index (χ4n) is 0.902. The van der Waals surface area contributed by atoms with Gasteiger partial charge in [0.05, 0.1) is 17.3 Å². The molecule has 4 nitrogen and oxygen atoms in total. The highest BCUT2D eigenvalue weighted by atomic mass is 35.5. The molecular weight excluding hydrogens is 194 g/mol. The van der Waals surface area contributed by atoms with Crippen LogP contribution in [0.3, 0.4) is 0 Å². The molecule has 0 aromatic carbocycles. The SMILES string of the molecule is CCOc1cc(Cl)c(COC=O)[nH]1. The van der Waals surface area contributed by atoms with Crippen molar-refractivity contribution < 1.29 is 14.3 Å². The molecular formula is C8H10ClNO3. The lowest BCUT2D eigenvalue weighted by Crippen LogP contribution is -1.93. The van der Waals surface area contributed by atoms with Gasteiger partial charge in [0.1, 0.15) is 6.61 Å². The molecule has 0 amide bonds. The van der Waals surface area contributed by atoms with Gasteiger partial charge < -0.3 is 14.5 Å². The molecule has 0 saturated carbocycles. The maximum Gasteiger partial charge on any atom is 0.293 e. The van der Waals surface area contributed by atoms with E-state index in [-0.39, 0.29) is 6.61 Å². The fourth-order valence-corrected chi connectivity index (χ4v) is 1.10. The number of hydrogen-bond donors (Lipinski definition) is 1. The molecule has 0 aliphatic rings. The lowest BCUT2D eigenvalue weighted by atomic mass is 10.4. The molecule has 0 spiro atoms. The van der Waals surface area contributed by atoms with E-state index in [1.165, 1.54) is 0 Å². The Hall–Kier alpha value is -1.16. The van der Waals surface area contributed by atoms with Crippen molar-refractivity contribution in [2.24, 2.45) is 0 Å². The predicted octanol–water partition coefficient (Wildman–Crippen LogP) is 1.74. The zero-order valence-electron chi connectivity index (χ0n) is 7.17. The van der Waals surface area contributed by atoms with Crippen LogP contribution in [-0.2, 0) is 16.1 Å². The van der Waals surface area contributed by atoms with E-state index in [9.17, 15) is 4.79 Å². The first-order valence-electron chi connectivity index (χ1n) is 3.83. The summed E-state index contributed by atoms with van der Waals surface area (Å²) in [4.78, 5) is 12.8. The zero-order chi connectivity index (χ0) is 9.68. The number of carbonyl (C=O) groups is 1. The molecule has 0 bridgehead atoms. The van der Waals surface area contributed by atoms with Crippen LogP contribution in [0.4, 0.5) is 0 Å². The van der Waals surface area contributed by atoms with Gasteiger partial charge in [0.25, 0.3) is 6.47 Å². The Labute approximate surface area is 80.8 Å². The molecule has 1 N–H and O–H groups in total. The van der Waals surface area contributed by atoms with Crippen LogP contribution >= 0.6 is 11.6 Å². The molecule has 0 aliphatic heterocycles. The van der Waals surface area contributed by atoms with Gasteiger partial charge >= 0.3 is 0 Å². The molecule has 5 heteroatoms. The van der Waals surface area contributed by atoms with Crippen LogP contribution in [-0.4, -0.2) is 18.1 Å². The third-order valence-electron chi connectivity index (χ3n) is 1.42. The van der Waals surface area contributed by atoms with Gasteiger partial charge in [0, 0.05) is 6.07 Å². The van der Waals surface area contributed by atoms with Gasteiger partial charge in [-0.25, -0.2) is 0 Å². The van der Waals surface area contributed by atoms with Crippen molar-refractivity contribution in [3.05, 3.63) is 16.8 Å². The molecule has 1 aromatic rings. The Kier molecular flexibility index (Phi) is 3.64. The van der Waals surface area contributed by atoms with Gasteiger partial charge in [0.2, 0.25) is 0 Å². The maximum atomic E-state index is 9.91. The van der Waals surface area contributed by atoms with Crippen LogP contribution in [0.1, 0.15) is 12.6 Å². The number of nitrogens with one attached hydrogen (secondary N) is 1. The third-order valence-corrected chi connectivity index (χ3v) is 1.75. The Bertz CT molecular complexity index is 285. The van der Waals surface area contributed by atoms with E-state index in [2.05, 4.69) is 9.72 Å². The number of aromatic amines is 1. The first kappa shape index (κ1) is 9.92. The summed E-state index contributed by atoms with van der Waals surface area (Å²) in [7, 11) is 0. The maximum absolute atomic E-state index is 9.91. The Morgan fingerprint density at radius 2 is 2.46 bits per heavy atom. The van der Waals surface area contributed by atoms with E-state index in [1.807, 2.05) is 6.92 Å². The van der Waals surface area contributed by atoms with Crippen molar-refractivity contribution in [3.63, 3.8) is 0 Å². The number of rotatable bonds is 5. The van der Waals surface area contributed by atoms with Crippen LogP contribution in [0.2, 0.25) is 5.02 Å². The van der Waals surface area contributed by atoms with Gasteiger partial charge in [-0.2, -0.15) is 0 Å². The number of H-pyrrole nitrogens is 1. The van der Waals surface area contributed by atoms with Crippen LogP contribution < -0.4 is 4.74 Å². The number of hydrogen-bond acceptors (Lipinski definition) is 3. The second-order valence-electron chi connectivity index (χ2n) is 2.30. The lowest BCUT2D eigenvalue weighted by molar-refractivity contribution is -0.129. The van der Waals surface area contributed by atoms with Crippen molar-refractivity contribution in [3.8, 4) is 5.88 Å². The summed E-state index contributed by atoms with van der Waals surface area (Å²) in [6.45, 7) is 2.94. The number of halogens is 1. The summed E-state index contributed by atoms with van der Waals surface area (Å²) in [6.07, 6.45) is 0. The standard InChI is InChI=1S/C8H10ClNO3/c1-2-13-8-3-6(9)7(10-8)4-12-5-11/h3,5,10H,2,4H2,1H3. The highest BCUT2D eigenvalue weighted by molar-refractivity contribution is 6.31. The highest BCUT2D eigenvalue weighted by Crippen LogP contribution is 2.22. The monoisotopic (exact) mass is 203 g/mol. The smallest absolute Gasteiger partial charge is 0.293 e. The van der Waals surface area contributed by atoms with Gasteiger partial charge in [-0.1, -0.05) is 11.6 Å². The minimum atomic E-state index is 0.134. The van der Waals surface area contributed by atoms with E-state index >= 15 is 0 Å². The molecule has 0 saturated heterocycles. The van der Waals surface area contributed by atoms with E-state index < -0.39 is 0 Å². The normalized spacial score (nSPS) is 9.69. The van der Waals surface area contributed by atoms with Crippen LogP contribution in [0, 0.1) is 0 Å². The third kappa shape index (κ3) is 2.66. The topological polar surface area (TPSA) is 51.3 Å². The molecule has 72 valence electrons. The lowest BCUT2D eigenvalue weighted by Gasteiger charge is -1.97. The molecule has 0 atom stereocenters. The van der Waals surface area contributed by atoms with Crippen molar-refractivity contribution >= 4 is 18.1 Å². The van der Waals surface area contributed by atoms with Crippen molar-refractivity contribution in [2.45, 2.75) is 13.5 Å². The van der Waals surface area contributed by atoms with Gasteiger partial charge in [-0.3, -0.25) is 4.79 Å². The molecule has 1 aromatic heterocycles. The minimum absolute atomic E-state index is 0.134. The molecule has 0 unspecified atom stereocenters. The summed E-state index contributed by atoms with van der Waals surface area (Å²) in [5.74, 6) is 0.581. The number of ether oxygens (including phenoxy) is 2. The van der Waals surface area contributed by atoms with E-state index in [1.54, 1.807) is 6.07 Å². The Morgan fingerprint density at radius 3 is 3.08 bits per heavy atom. The molecule has 0 radical (unpaired) electrons. The molecule has 0 fully saturated rings. The summed E-state index contributed by atoms with van der Waals surface area (Å²) in [5, 5.41) is 0.505. The summed E-state index contributed by atoms with van der Waals surface area (Å²) >= 11 is 5.81. The summed E-state index contributed by atoms with van der Waals surface area (Å²) < 4.78 is 9.70. The molecule has 1 heterocycles. The largest absolute Gasteiger partial charge is 0.479 e. The first-order valence-corrected chi connectivity index (χ1v) is 4.21. The van der Waals surface area contributed by atoms with E-state index in [4.69, 9.17) is 16.3 Å². The van der Waals surface area contributed by atoms with Crippen LogP contribution in [0.5, 0.6) is 5.88 Å². The zero-order valence-corrected chi connectivity index (χ0v) is 7.93. The average Bonchev–Trinajstić information content (AvgIpc) is 2.44. The fraction of sp³-hybridized carbons (Fsp3) is 0.375. The predicted molar refractivity (Wildman–Crippen MR) is 47.8 cm³/mol. The number of carbonyl (C=O) groups excluding carboxylic acids is 1. The Morgan fingerprint density at radius 1 is 1.69 bits per heavy atom. The van der Waals surface area contributed by atoms with Crippen molar-refractivity contribution in [1.29, 1.82) is 0 Å². The Balaban J connectivity index is 2.65. The quantitative estimate of drug-likeness (QED) is 0.742. The molecule has 1 rings (SSSR count). The van der Waals surface area contributed by atoms with Gasteiger partial charge in [-0.05, 0) is 6.92 Å². The van der Waals surface area contributed by atoms with Gasteiger partial charge in [0.15, 0.2) is 5.88 Å². The minimum Gasteiger partial charge on any atom is -0.479 e. The highest BCUT2D eigenvalue weighted by Gasteiger charge is 2.06. The first-order chi connectivity index (χ1) is 6.27. The van der Waals surface area contributed by atoms with Crippen LogP contribution in [0.25, 0.3) is 0 Å². The average molecular weight is 204 g/mol. The second-order valence-corrected chi connectivity index (χ2v) is 2.71. The van der Waals surface area contributed by atoms with E-state index in [0.29, 0.717) is 29.7 Å². The second kappa shape index (κ2) is 4.77. The van der Waals surface area contributed by atoms with Crippen LogP contribution in [0.15, 0.2) is 6.07 Å². The molecule has 13 heavy (non-hydrogen) atoms. The van der Waals surface area contributed by atoms with Crippen molar-refractivity contribution in [1.82, 2.24) is 4.98 Å². The van der Waals surface area contributed by atoms with Gasteiger partial charge in [-0.15, -0.1) is 0 Å². The van der Waals surface area contributed by atoms with Crippen molar-refractivity contribution in [2.75, 3.05) is 6.61 Å². The summed E-state index contributed by atoms with van der Waals surface area (Å²) in [6, 6.07) is 1.65. The van der Waals surface area contributed by atoms with E-state index in [0.717, 1.165) is 0 Å². The summed E-state index contributed by atoms with van der Waals surface area (Å²) in [5.41, 5.74) is 0.636.